The maximum absolute atomic E-state index is 13.7. The molecular weight excluding hydrogens is 377 g/mol. The van der Waals surface area contributed by atoms with Crippen molar-refractivity contribution in [2.45, 2.75) is 34.6 Å². The Morgan fingerprint density at radius 2 is 1.85 bits per heavy atom. The van der Waals surface area contributed by atoms with Crippen LogP contribution >= 0.6 is 18.6 Å². The lowest BCUT2D eigenvalue weighted by Gasteiger charge is -2.28. The van der Waals surface area contributed by atoms with Crippen LogP contribution in [0.15, 0.2) is 24.3 Å². The molecule has 0 saturated heterocycles. The van der Waals surface area contributed by atoms with E-state index in [4.69, 9.17) is 0 Å². The Bertz CT molecular complexity index is 989. The standard InChI is InChI=1S/C21H26NO3PS/c1-14-8-9-18(15(2)12-14)26(7,25)22(6)17-13-16(10-11-21(3,4)5)27-19(17)20(23)24/h8-9,12-13H,1-7H3,(H,23,24). The molecular formula is C21H26NO3PS. The number of aryl methyl sites for hydroxylation is 2. The molecule has 0 radical (unpaired) electrons. The molecule has 0 spiro atoms. The van der Waals surface area contributed by atoms with E-state index >= 15 is 0 Å². The van der Waals surface area contributed by atoms with Gasteiger partial charge in [-0.05, 0) is 52.3 Å². The fourth-order valence-electron chi connectivity index (χ4n) is 2.72. The molecule has 1 atom stereocenters. The molecule has 1 heterocycles. The molecule has 1 aromatic carbocycles. The molecule has 2 aromatic rings. The fourth-order valence-corrected chi connectivity index (χ4v) is 5.63. The minimum atomic E-state index is -2.99. The quantitative estimate of drug-likeness (QED) is 0.568. The zero-order valence-corrected chi connectivity index (χ0v) is 18.6. The SMILES string of the molecule is Cc1ccc(P(C)(=O)N(C)c2cc(C#CC(C)(C)C)sc2C(=O)O)c(C)c1. The molecule has 6 heteroatoms. The maximum Gasteiger partial charge on any atom is 0.348 e. The fraction of sp³-hybridized carbons (Fsp3) is 0.381. The van der Waals surface area contributed by atoms with Crippen LogP contribution < -0.4 is 9.97 Å². The van der Waals surface area contributed by atoms with Crippen LogP contribution in [0, 0.1) is 31.1 Å². The molecule has 27 heavy (non-hydrogen) atoms. The van der Waals surface area contributed by atoms with Gasteiger partial charge in [0, 0.05) is 24.4 Å². The second-order valence-electron chi connectivity index (χ2n) is 7.82. The highest BCUT2D eigenvalue weighted by atomic mass is 32.1. The summed E-state index contributed by atoms with van der Waals surface area (Å²) < 4.78 is 15.3. The summed E-state index contributed by atoms with van der Waals surface area (Å²) in [7, 11) is -1.30. The van der Waals surface area contributed by atoms with Crippen LogP contribution in [0.3, 0.4) is 0 Å². The van der Waals surface area contributed by atoms with Crippen molar-refractivity contribution < 1.29 is 14.5 Å². The van der Waals surface area contributed by atoms with Gasteiger partial charge < -0.3 is 9.78 Å². The largest absolute Gasteiger partial charge is 0.477 e. The summed E-state index contributed by atoms with van der Waals surface area (Å²) in [6.07, 6.45) is 0. The summed E-state index contributed by atoms with van der Waals surface area (Å²) in [6.45, 7) is 11.6. The molecule has 1 N–H and O–H groups in total. The first kappa shape index (κ1) is 21.3. The van der Waals surface area contributed by atoms with Gasteiger partial charge in [0.25, 0.3) is 0 Å². The van der Waals surface area contributed by atoms with Gasteiger partial charge in [0.15, 0.2) is 7.29 Å². The monoisotopic (exact) mass is 403 g/mol. The van der Waals surface area contributed by atoms with Gasteiger partial charge in [-0.2, -0.15) is 0 Å². The number of rotatable bonds is 4. The first-order valence-corrected chi connectivity index (χ1v) is 11.5. The van der Waals surface area contributed by atoms with Crippen molar-refractivity contribution in [1.29, 1.82) is 0 Å². The average molecular weight is 403 g/mol. The molecule has 4 nitrogen and oxygen atoms in total. The van der Waals surface area contributed by atoms with E-state index in [2.05, 4.69) is 11.8 Å². The number of hydrogen-bond donors (Lipinski definition) is 1. The van der Waals surface area contributed by atoms with Crippen molar-refractivity contribution in [3.8, 4) is 11.8 Å². The van der Waals surface area contributed by atoms with E-state index in [0.717, 1.165) is 27.8 Å². The smallest absolute Gasteiger partial charge is 0.348 e. The van der Waals surface area contributed by atoms with Gasteiger partial charge in [0.2, 0.25) is 0 Å². The van der Waals surface area contributed by atoms with Crippen LogP contribution in [0.5, 0.6) is 0 Å². The molecule has 0 aliphatic carbocycles. The second-order valence-corrected chi connectivity index (χ2v) is 11.7. The number of thiophene rings is 1. The van der Waals surface area contributed by atoms with E-state index in [-0.39, 0.29) is 10.3 Å². The second kappa shape index (κ2) is 7.54. The predicted molar refractivity (Wildman–Crippen MR) is 115 cm³/mol. The van der Waals surface area contributed by atoms with Crippen LogP contribution in [0.1, 0.15) is 46.4 Å². The lowest BCUT2D eigenvalue weighted by molar-refractivity contribution is 0.0703. The van der Waals surface area contributed by atoms with Crippen molar-refractivity contribution in [3.05, 3.63) is 45.1 Å². The Balaban J connectivity index is 2.55. The van der Waals surface area contributed by atoms with E-state index in [1.54, 1.807) is 24.4 Å². The number of carbonyl (C=O) groups is 1. The molecule has 144 valence electrons. The highest BCUT2D eigenvalue weighted by Crippen LogP contribution is 2.49. The Kier molecular flexibility index (Phi) is 5.94. The Labute approximate surface area is 165 Å². The van der Waals surface area contributed by atoms with Crippen molar-refractivity contribution in [2.75, 3.05) is 18.4 Å². The normalized spacial score (nSPS) is 13.4. The summed E-state index contributed by atoms with van der Waals surface area (Å²) in [5.74, 6) is 5.14. The summed E-state index contributed by atoms with van der Waals surface area (Å²) in [6, 6.07) is 7.52. The highest BCUT2D eigenvalue weighted by molar-refractivity contribution is 7.72. The summed E-state index contributed by atoms with van der Waals surface area (Å²) in [5, 5.41) is 10.4. The van der Waals surface area contributed by atoms with Gasteiger partial charge in [-0.1, -0.05) is 29.5 Å². The number of benzene rings is 1. The zero-order chi connectivity index (χ0) is 20.6. The number of carboxylic acid groups (broad SMARTS) is 1. The topological polar surface area (TPSA) is 57.6 Å². The molecule has 2 rings (SSSR count). The van der Waals surface area contributed by atoms with Crippen molar-refractivity contribution in [3.63, 3.8) is 0 Å². The van der Waals surface area contributed by atoms with E-state index in [9.17, 15) is 14.5 Å². The number of anilines is 1. The van der Waals surface area contributed by atoms with Gasteiger partial charge in [0.1, 0.15) is 4.88 Å². The summed E-state index contributed by atoms with van der Waals surface area (Å²) >= 11 is 1.12. The number of hydrogen-bond acceptors (Lipinski definition) is 3. The van der Waals surface area contributed by atoms with E-state index in [1.165, 1.54) is 0 Å². The number of nitrogens with zero attached hydrogens (tertiary/aromatic N) is 1. The molecule has 0 aliphatic heterocycles. The Morgan fingerprint density at radius 1 is 1.22 bits per heavy atom. The van der Waals surface area contributed by atoms with Gasteiger partial charge in [0.05, 0.1) is 10.6 Å². The first-order chi connectivity index (χ1) is 12.3. The first-order valence-electron chi connectivity index (χ1n) is 8.63. The van der Waals surface area contributed by atoms with E-state index in [1.807, 2.05) is 52.8 Å². The zero-order valence-electron chi connectivity index (χ0n) is 16.9. The molecule has 0 aliphatic rings. The average Bonchev–Trinajstić information content (AvgIpc) is 2.95. The van der Waals surface area contributed by atoms with Crippen LogP contribution in [-0.2, 0) is 4.57 Å². The summed E-state index contributed by atoms with van der Waals surface area (Å²) in [5.41, 5.74) is 2.29. The molecule has 0 saturated carbocycles. The third-order valence-electron chi connectivity index (χ3n) is 4.19. The summed E-state index contributed by atoms with van der Waals surface area (Å²) in [4.78, 5) is 12.6. The van der Waals surface area contributed by atoms with Crippen molar-refractivity contribution >= 4 is 35.6 Å². The third-order valence-corrected chi connectivity index (χ3v) is 7.97. The molecule has 1 aromatic heterocycles. The Morgan fingerprint density at radius 3 is 2.37 bits per heavy atom. The van der Waals surface area contributed by atoms with Gasteiger partial charge >= 0.3 is 5.97 Å². The van der Waals surface area contributed by atoms with E-state index in [0.29, 0.717) is 10.6 Å². The van der Waals surface area contributed by atoms with Crippen molar-refractivity contribution in [1.82, 2.24) is 0 Å². The minimum Gasteiger partial charge on any atom is -0.477 e. The number of aromatic carboxylic acids is 1. The lowest BCUT2D eigenvalue weighted by atomic mass is 9.98. The molecule has 0 bridgehead atoms. The molecule has 0 amide bonds. The van der Waals surface area contributed by atoms with Gasteiger partial charge in [-0.25, -0.2) is 4.79 Å². The van der Waals surface area contributed by atoms with E-state index < -0.39 is 13.3 Å². The molecule has 1 unspecified atom stereocenters. The highest BCUT2D eigenvalue weighted by Gasteiger charge is 2.30. The molecule has 0 fully saturated rings. The van der Waals surface area contributed by atoms with Gasteiger partial charge in [-0.15, -0.1) is 11.3 Å². The van der Waals surface area contributed by atoms with Crippen molar-refractivity contribution in [2.24, 2.45) is 5.41 Å². The van der Waals surface area contributed by atoms with Crippen LogP contribution in [0.25, 0.3) is 0 Å². The van der Waals surface area contributed by atoms with Crippen LogP contribution in [0.4, 0.5) is 5.69 Å². The Hall–Kier alpha value is -2.02. The third kappa shape index (κ3) is 4.83. The number of carboxylic acids is 1. The predicted octanol–water partition coefficient (Wildman–Crippen LogP) is 5.13. The van der Waals surface area contributed by atoms with Crippen LogP contribution in [-0.4, -0.2) is 24.8 Å². The lowest BCUT2D eigenvalue weighted by Crippen LogP contribution is -2.23. The maximum atomic E-state index is 13.7. The van der Waals surface area contributed by atoms with Crippen LogP contribution in [0.2, 0.25) is 0 Å². The van der Waals surface area contributed by atoms with Gasteiger partial charge in [-0.3, -0.25) is 4.57 Å². The minimum absolute atomic E-state index is 0.155.